The van der Waals surface area contributed by atoms with E-state index in [2.05, 4.69) is 52.1 Å². The Kier molecular flexibility index (Phi) is 2.53. The van der Waals surface area contributed by atoms with Crippen molar-refractivity contribution in [3.63, 3.8) is 0 Å². The zero-order chi connectivity index (χ0) is 11.7. The van der Waals surface area contributed by atoms with Crippen LogP contribution in [0.4, 0.5) is 5.13 Å². The molecule has 0 fully saturated rings. The standard InChI is InChI=1S/C14H12N2S/c1-15-14-16-13(9-17-14)12-8-7-10-5-3-2-4-6-11(10)12/h2-9H,1H3,(H,15,16). The van der Waals surface area contributed by atoms with Gasteiger partial charge >= 0.3 is 0 Å². The summed E-state index contributed by atoms with van der Waals surface area (Å²) in [7, 11) is 1.89. The molecule has 84 valence electrons. The highest BCUT2D eigenvalue weighted by atomic mass is 32.1. The molecule has 2 nitrogen and oxygen atoms in total. The van der Waals surface area contributed by atoms with E-state index in [1.165, 1.54) is 16.7 Å². The van der Waals surface area contributed by atoms with E-state index in [0.29, 0.717) is 0 Å². The molecule has 0 saturated carbocycles. The van der Waals surface area contributed by atoms with Crippen LogP contribution >= 0.6 is 11.3 Å². The molecule has 0 spiro atoms. The summed E-state index contributed by atoms with van der Waals surface area (Å²) < 4.78 is 0. The lowest BCUT2D eigenvalue weighted by Gasteiger charge is -1.97. The van der Waals surface area contributed by atoms with E-state index in [9.17, 15) is 0 Å². The second-order valence-corrected chi connectivity index (χ2v) is 4.67. The van der Waals surface area contributed by atoms with Crippen molar-refractivity contribution < 1.29 is 0 Å². The van der Waals surface area contributed by atoms with E-state index >= 15 is 0 Å². The van der Waals surface area contributed by atoms with E-state index in [1.54, 1.807) is 11.3 Å². The molecule has 1 aromatic heterocycles. The summed E-state index contributed by atoms with van der Waals surface area (Å²) in [6.07, 6.45) is 0. The highest BCUT2D eigenvalue weighted by molar-refractivity contribution is 7.14. The van der Waals surface area contributed by atoms with E-state index in [4.69, 9.17) is 0 Å². The number of aromatic nitrogens is 1. The fraction of sp³-hybridized carbons (Fsp3) is 0.0714. The van der Waals surface area contributed by atoms with Crippen LogP contribution in [0.2, 0.25) is 0 Å². The van der Waals surface area contributed by atoms with Gasteiger partial charge in [0.2, 0.25) is 0 Å². The van der Waals surface area contributed by atoms with Crippen LogP contribution in [-0.2, 0) is 0 Å². The first-order chi connectivity index (χ1) is 8.38. The number of rotatable bonds is 2. The Labute approximate surface area is 104 Å². The van der Waals surface area contributed by atoms with Crippen LogP contribution in [-0.4, -0.2) is 12.0 Å². The fourth-order valence-electron chi connectivity index (χ4n) is 1.95. The minimum absolute atomic E-state index is 0.953. The Hall–Kier alpha value is -1.87. The number of nitrogens with one attached hydrogen (secondary N) is 1. The number of thiazole rings is 1. The highest BCUT2D eigenvalue weighted by Crippen LogP contribution is 2.35. The maximum atomic E-state index is 4.55. The third kappa shape index (κ3) is 1.78. The van der Waals surface area contributed by atoms with Crippen LogP contribution in [0, 0.1) is 0 Å². The summed E-state index contributed by atoms with van der Waals surface area (Å²) >= 11 is 1.63. The molecule has 0 aliphatic heterocycles. The fourth-order valence-corrected chi connectivity index (χ4v) is 2.62. The molecule has 0 unspecified atom stereocenters. The largest absolute Gasteiger partial charge is 0.365 e. The van der Waals surface area contributed by atoms with Gasteiger partial charge in [-0.25, -0.2) is 4.98 Å². The molecule has 0 saturated heterocycles. The van der Waals surface area contributed by atoms with Gasteiger partial charge < -0.3 is 5.32 Å². The van der Waals surface area contributed by atoms with Gasteiger partial charge in [-0.15, -0.1) is 11.3 Å². The maximum Gasteiger partial charge on any atom is 0.182 e. The van der Waals surface area contributed by atoms with Gasteiger partial charge in [-0.2, -0.15) is 0 Å². The van der Waals surface area contributed by atoms with Crippen LogP contribution in [0.15, 0.2) is 47.8 Å². The number of hydrogen-bond acceptors (Lipinski definition) is 3. The Bertz CT molecular complexity index is 615. The average molecular weight is 240 g/mol. The van der Waals surface area contributed by atoms with Gasteiger partial charge in [0.05, 0.1) is 5.69 Å². The maximum absolute atomic E-state index is 4.55. The van der Waals surface area contributed by atoms with Crippen molar-refractivity contribution in [2.75, 3.05) is 12.4 Å². The smallest absolute Gasteiger partial charge is 0.182 e. The Balaban J connectivity index is 2.14. The highest BCUT2D eigenvalue weighted by Gasteiger charge is 2.11. The number of hydrogen-bond donors (Lipinski definition) is 1. The molecule has 3 rings (SSSR count). The molecule has 0 bridgehead atoms. The van der Waals surface area contributed by atoms with Crippen molar-refractivity contribution >= 4 is 16.5 Å². The molecule has 0 amide bonds. The van der Waals surface area contributed by atoms with Crippen molar-refractivity contribution in [3.05, 3.63) is 47.8 Å². The average Bonchev–Trinajstić information content (AvgIpc) is 2.90. The molecule has 3 heteroatoms. The molecule has 17 heavy (non-hydrogen) atoms. The first-order valence-corrected chi connectivity index (χ1v) is 6.38. The van der Waals surface area contributed by atoms with E-state index in [1.807, 2.05) is 13.1 Å². The number of anilines is 1. The van der Waals surface area contributed by atoms with Crippen molar-refractivity contribution in [2.45, 2.75) is 0 Å². The van der Waals surface area contributed by atoms with Gasteiger partial charge in [0.1, 0.15) is 0 Å². The predicted octanol–water partition coefficient (Wildman–Crippen LogP) is 3.96. The van der Waals surface area contributed by atoms with Crippen molar-refractivity contribution in [1.82, 2.24) is 4.98 Å². The molecule has 0 atom stereocenters. The molecule has 1 heterocycles. The van der Waals surface area contributed by atoms with Gasteiger partial charge in [-0.05, 0) is 11.1 Å². The first kappa shape index (κ1) is 10.3. The molecule has 1 N–H and O–H groups in total. The van der Waals surface area contributed by atoms with E-state index in [0.717, 1.165) is 10.8 Å². The molecular weight excluding hydrogens is 228 g/mol. The molecule has 0 aromatic carbocycles. The second kappa shape index (κ2) is 4.18. The monoisotopic (exact) mass is 240 g/mol. The van der Waals surface area contributed by atoms with Crippen molar-refractivity contribution in [1.29, 1.82) is 0 Å². The third-order valence-corrected chi connectivity index (χ3v) is 3.65. The quantitative estimate of drug-likeness (QED) is 0.733. The lowest BCUT2D eigenvalue weighted by Crippen LogP contribution is -1.85. The summed E-state index contributed by atoms with van der Waals surface area (Å²) in [5.74, 6) is 0. The Morgan fingerprint density at radius 3 is 2.71 bits per heavy atom. The molecule has 2 aliphatic rings. The number of nitrogens with zero attached hydrogens (tertiary/aromatic N) is 1. The minimum atomic E-state index is 0.953. The molecule has 2 aliphatic carbocycles. The van der Waals surface area contributed by atoms with Crippen molar-refractivity contribution in [3.8, 4) is 22.4 Å². The van der Waals surface area contributed by atoms with Gasteiger partial charge in [0, 0.05) is 18.0 Å². The molecule has 1 aromatic rings. The zero-order valence-electron chi connectivity index (χ0n) is 9.47. The predicted molar refractivity (Wildman–Crippen MR) is 73.7 cm³/mol. The van der Waals surface area contributed by atoms with Crippen LogP contribution in [0.25, 0.3) is 22.4 Å². The topological polar surface area (TPSA) is 24.9 Å². The Morgan fingerprint density at radius 1 is 1.00 bits per heavy atom. The summed E-state index contributed by atoms with van der Waals surface area (Å²) in [6.45, 7) is 0. The zero-order valence-corrected chi connectivity index (χ0v) is 10.3. The summed E-state index contributed by atoms with van der Waals surface area (Å²) in [5.41, 5.74) is 4.75. The first-order valence-electron chi connectivity index (χ1n) is 5.50. The van der Waals surface area contributed by atoms with Gasteiger partial charge in [0.25, 0.3) is 0 Å². The van der Waals surface area contributed by atoms with Gasteiger partial charge in [0.15, 0.2) is 5.13 Å². The normalized spacial score (nSPS) is 10.6. The third-order valence-electron chi connectivity index (χ3n) is 2.79. The van der Waals surface area contributed by atoms with E-state index in [-0.39, 0.29) is 0 Å². The lowest BCUT2D eigenvalue weighted by atomic mass is 10.1. The van der Waals surface area contributed by atoms with Crippen molar-refractivity contribution in [2.24, 2.45) is 0 Å². The van der Waals surface area contributed by atoms with Crippen LogP contribution in [0.5, 0.6) is 0 Å². The van der Waals surface area contributed by atoms with Crippen LogP contribution in [0.3, 0.4) is 0 Å². The minimum Gasteiger partial charge on any atom is -0.365 e. The van der Waals surface area contributed by atoms with E-state index < -0.39 is 0 Å². The lowest BCUT2D eigenvalue weighted by molar-refractivity contribution is 1.37. The number of fused-ring (bicyclic) bond motifs is 1. The van der Waals surface area contributed by atoms with Crippen LogP contribution in [0.1, 0.15) is 0 Å². The summed E-state index contributed by atoms with van der Waals surface area (Å²) in [4.78, 5) is 4.55. The molecular formula is C14H12N2S. The second-order valence-electron chi connectivity index (χ2n) is 3.81. The van der Waals surface area contributed by atoms with Gasteiger partial charge in [-0.3, -0.25) is 0 Å². The summed E-state index contributed by atoms with van der Waals surface area (Å²) in [6, 6.07) is 14.7. The Morgan fingerprint density at radius 2 is 1.88 bits per heavy atom. The van der Waals surface area contributed by atoms with Crippen LogP contribution < -0.4 is 5.32 Å². The van der Waals surface area contributed by atoms with Gasteiger partial charge in [-0.1, -0.05) is 42.5 Å². The summed E-state index contributed by atoms with van der Waals surface area (Å²) in [5, 5.41) is 6.12. The molecule has 0 radical (unpaired) electrons. The SMILES string of the molecule is CNc1nc(-c2ccc3cccccc2-3)cs1.